The molecule has 0 saturated carbocycles. The Morgan fingerprint density at radius 3 is 2.69 bits per heavy atom. The van der Waals surface area contributed by atoms with Gasteiger partial charge in [-0.25, -0.2) is 9.67 Å². The number of aliphatic hydroxyl groups excluding tert-OH is 1. The Hall–Kier alpha value is -2.88. The van der Waals surface area contributed by atoms with E-state index in [1.54, 1.807) is 13.1 Å². The van der Waals surface area contributed by atoms with Crippen LogP contribution in [0.5, 0.6) is 11.5 Å². The third-order valence-corrected chi connectivity index (χ3v) is 5.45. The second-order valence-corrected chi connectivity index (χ2v) is 8.28. The highest BCUT2D eigenvalue weighted by Gasteiger charge is 2.20. The van der Waals surface area contributed by atoms with E-state index >= 15 is 0 Å². The van der Waals surface area contributed by atoms with Crippen molar-refractivity contribution >= 4 is 16.7 Å². The van der Waals surface area contributed by atoms with Crippen LogP contribution in [0.1, 0.15) is 19.9 Å². The van der Waals surface area contributed by atoms with E-state index in [2.05, 4.69) is 29.2 Å². The van der Waals surface area contributed by atoms with Gasteiger partial charge < -0.3 is 29.9 Å². The van der Waals surface area contributed by atoms with E-state index in [1.165, 1.54) is 6.07 Å². The lowest BCUT2D eigenvalue weighted by molar-refractivity contribution is 0.108. The second kappa shape index (κ2) is 9.72. The van der Waals surface area contributed by atoms with E-state index in [0.717, 1.165) is 41.1 Å². The number of anilines is 1. The summed E-state index contributed by atoms with van der Waals surface area (Å²) in [5.41, 5.74) is 3.30. The number of hydrogen-bond acceptors (Lipinski definition) is 8. The van der Waals surface area contributed by atoms with Crippen LogP contribution in [0.3, 0.4) is 0 Å². The van der Waals surface area contributed by atoms with E-state index < -0.39 is 6.10 Å². The molecule has 9 nitrogen and oxygen atoms in total. The maximum atomic E-state index is 10.3. The Morgan fingerprint density at radius 1 is 1.19 bits per heavy atom. The Balaban J connectivity index is 1.75. The molecule has 172 valence electrons. The Morgan fingerprint density at radius 2 is 1.97 bits per heavy atom. The number of phenolic OH excluding ortho intramolecular Hbond substituents is 1. The van der Waals surface area contributed by atoms with Gasteiger partial charge >= 0.3 is 0 Å². The lowest BCUT2D eigenvalue weighted by Crippen LogP contribution is -2.36. The third kappa shape index (κ3) is 4.79. The minimum Gasteiger partial charge on any atom is -0.508 e. The number of pyridine rings is 1. The first kappa shape index (κ1) is 22.3. The molecule has 32 heavy (non-hydrogen) atoms. The van der Waals surface area contributed by atoms with Crippen LogP contribution in [-0.4, -0.2) is 77.6 Å². The second-order valence-electron chi connectivity index (χ2n) is 8.28. The van der Waals surface area contributed by atoms with Crippen molar-refractivity contribution in [2.24, 2.45) is 0 Å². The van der Waals surface area contributed by atoms with Gasteiger partial charge in [0.2, 0.25) is 0 Å². The molecular weight excluding hydrogens is 410 g/mol. The predicted octanol–water partition coefficient (Wildman–Crippen LogP) is 2.18. The monoisotopic (exact) mass is 441 g/mol. The normalized spacial score (nSPS) is 15.5. The zero-order chi connectivity index (χ0) is 22.7. The number of aromatic nitrogens is 3. The highest BCUT2D eigenvalue weighted by molar-refractivity contribution is 5.92. The van der Waals surface area contributed by atoms with E-state index in [-0.39, 0.29) is 18.4 Å². The zero-order valence-electron chi connectivity index (χ0n) is 18.8. The number of rotatable bonds is 8. The quantitative estimate of drug-likeness (QED) is 0.489. The number of nitrogens with one attached hydrogen (secondary N) is 1. The van der Waals surface area contributed by atoms with Crippen LogP contribution in [-0.2, 0) is 4.74 Å². The van der Waals surface area contributed by atoms with Crippen molar-refractivity contribution in [3.8, 4) is 22.8 Å². The molecule has 3 heterocycles. The maximum Gasteiger partial charge on any atom is 0.160 e. The van der Waals surface area contributed by atoms with Gasteiger partial charge in [-0.1, -0.05) is 0 Å². The van der Waals surface area contributed by atoms with Gasteiger partial charge in [0.25, 0.3) is 0 Å². The van der Waals surface area contributed by atoms with E-state index in [0.29, 0.717) is 25.5 Å². The molecule has 1 fully saturated rings. The number of hydrogen-bond donors (Lipinski definition) is 3. The first-order valence-electron chi connectivity index (χ1n) is 11.0. The molecule has 1 unspecified atom stereocenters. The maximum absolute atomic E-state index is 10.3. The fraction of sp³-hybridized carbons (Fsp3) is 0.478. The average Bonchev–Trinajstić information content (AvgIpc) is 3.22. The van der Waals surface area contributed by atoms with Gasteiger partial charge in [-0.05, 0) is 39.1 Å². The highest BCUT2D eigenvalue weighted by atomic mass is 16.5. The minimum absolute atomic E-state index is 0.0767. The smallest absolute Gasteiger partial charge is 0.160 e. The third-order valence-electron chi connectivity index (χ3n) is 5.45. The number of morpholine rings is 1. The van der Waals surface area contributed by atoms with Crippen LogP contribution in [0.25, 0.3) is 22.3 Å². The standard InChI is InChI=1S/C23H31N5O4/c1-15(2)28-23-20(13-25-28)22(27-4-6-31-7-5-27)11-21(26-23)16-8-17(29)10-19(9-16)32-14-18(30)12-24-3/h8-11,13,15,18,24,29-30H,4-7,12,14H2,1-3H3. The molecule has 1 aromatic carbocycles. The van der Waals surface area contributed by atoms with Crippen molar-refractivity contribution in [3.05, 3.63) is 30.5 Å². The van der Waals surface area contributed by atoms with Gasteiger partial charge in [0.1, 0.15) is 24.2 Å². The summed E-state index contributed by atoms with van der Waals surface area (Å²) in [5.74, 6) is 0.551. The molecule has 2 aromatic heterocycles. The topological polar surface area (TPSA) is 105 Å². The van der Waals surface area contributed by atoms with Crippen LogP contribution in [0.2, 0.25) is 0 Å². The molecule has 0 spiro atoms. The first-order valence-corrected chi connectivity index (χ1v) is 11.0. The Labute approximate surface area is 187 Å². The molecular formula is C23H31N5O4. The van der Waals surface area contributed by atoms with Crippen LogP contribution in [0.4, 0.5) is 5.69 Å². The molecule has 1 aliphatic heterocycles. The van der Waals surface area contributed by atoms with Crippen LogP contribution in [0, 0.1) is 0 Å². The number of aliphatic hydroxyl groups is 1. The Kier molecular flexibility index (Phi) is 6.78. The van der Waals surface area contributed by atoms with Crippen molar-refractivity contribution in [3.63, 3.8) is 0 Å². The average molecular weight is 442 g/mol. The molecule has 0 amide bonds. The number of ether oxygens (including phenoxy) is 2. The zero-order valence-corrected chi connectivity index (χ0v) is 18.8. The van der Waals surface area contributed by atoms with E-state index in [1.807, 2.05) is 23.0 Å². The predicted molar refractivity (Wildman–Crippen MR) is 123 cm³/mol. The summed E-state index contributed by atoms with van der Waals surface area (Å²) in [6.45, 7) is 7.64. The molecule has 3 aromatic rings. The van der Waals surface area contributed by atoms with E-state index in [4.69, 9.17) is 14.5 Å². The fourth-order valence-corrected chi connectivity index (χ4v) is 3.89. The molecule has 0 bridgehead atoms. The SMILES string of the molecule is CNCC(O)COc1cc(O)cc(-c2cc(N3CCOCC3)c3cnn(C(C)C)c3n2)c1. The number of phenols is 1. The van der Waals surface area contributed by atoms with Gasteiger partial charge in [0.15, 0.2) is 5.65 Å². The van der Waals surface area contributed by atoms with Crippen molar-refractivity contribution in [2.75, 3.05) is 51.4 Å². The van der Waals surface area contributed by atoms with E-state index in [9.17, 15) is 10.2 Å². The van der Waals surface area contributed by atoms with Crippen LogP contribution >= 0.6 is 0 Å². The van der Waals surface area contributed by atoms with Crippen LogP contribution < -0.4 is 15.0 Å². The molecule has 1 saturated heterocycles. The summed E-state index contributed by atoms with van der Waals surface area (Å²) in [5, 5.41) is 28.7. The van der Waals surface area contributed by atoms with Crippen molar-refractivity contribution in [1.82, 2.24) is 20.1 Å². The molecule has 0 radical (unpaired) electrons. The summed E-state index contributed by atoms with van der Waals surface area (Å²) >= 11 is 0. The summed E-state index contributed by atoms with van der Waals surface area (Å²) in [7, 11) is 1.77. The van der Waals surface area contributed by atoms with Gasteiger partial charge in [0, 0.05) is 37.3 Å². The number of benzene rings is 1. The molecule has 1 atom stereocenters. The lowest BCUT2D eigenvalue weighted by Gasteiger charge is -2.29. The lowest BCUT2D eigenvalue weighted by atomic mass is 10.1. The van der Waals surface area contributed by atoms with Crippen molar-refractivity contribution in [2.45, 2.75) is 26.0 Å². The van der Waals surface area contributed by atoms with Crippen molar-refractivity contribution < 1.29 is 19.7 Å². The number of nitrogens with zero attached hydrogens (tertiary/aromatic N) is 4. The Bertz CT molecular complexity index is 1060. The molecule has 0 aliphatic carbocycles. The summed E-state index contributed by atoms with van der Waals surface area (Å²) in [6, 6.07) is 7.23. The highest BCUT2D eigenvalue weighted by Crippen LogP contribution is 2.35. The van der Waals surface area contributed by atoms with Gasteiger partial charge in [-0.2, -0.15) is 5.10 Å². The largest absolute Gasteiger partial charge is 0.508 e. The van der Waals surface area contributed by atoms with Crippen LogP contribution in [0.15, 0.2) is 30.5 Å². The molecule has 1 aliphatic rings. The summed E-state index contributed by atoms with van der Waals surface area (Å²) in [6.07, 6.45) is 1.23. The molecule has 3 N–H and O–H groups in total. The molecule has 9 heteroatoms. The number of likely N-dealkylation sites (N-methyl/N-ethyl adjacent to an activating group) is 1. The number of fused-ring (bicyclic) bond motifs is 1. The summed E-state index contributed by atoms with van der Waals surface area (Å²) in [4.78, 5) is 7.19. The van der Waals surface area contributed by atoms with Gasteiger partial charge in [0.05, 0.1) is 36.2 Å². The van der Waals surface area contributed by atoms with Gasteiger partial charge in [-0.3, -0.25) is 0 Å². The van der Waals surface area contributed by atoms with Gasteiger partial charge in [-0.15, -0.1) is 0 Å². The minimum atomic E-state index is -0.645. The first-order chi connectivity index (χ1) is 15.5. The summed E-state index contributed by atoms with van der Waals surface area (Å²) < 4.78 is 13.2. The fourth-order valence-electron chi connectivity index (χ4n) is 3.89. The number of aromatic hydroxyl groups is 1. The van der Waals surface area contributed by atoms with Crippen molar-refractivity contribution in [1.29, 1.82) is 0 Å². The molecule has 4 rings (SSSR count).